The number of nitrogens with zero attached hydrogens (tertiary/aromatic N) is 1. The fraction of sp³-hybridized carbons (Fsp3) is 0.286. The maximum atomic E-state index is 13.7. The van der Waals surface area contributed by atoms with Gasteiger partial charge in [0.1, 0.15) is 0 Å². The molecule has 0 spiro atoms. The summed E-state index contributed by atoms with van der Waals surface area (Å²) in [6, 6.07) is 23.7. The Kier molecular flexibility index (Phi) is 6.23. The standard InChI is InChI=1S/C28H28N2O2S/c1-19-9-5-7-13-23(19)29-27(31)21-15-16-26-24(17-21)30(18-20-10-3-2-4-11-20)28(32)22-12-6-8-14-25(22)33-26/h2-4,6,8,10-12,14-17,19,23H,5,7,9,13,18H2,1H3,(H,29,31)/t19-,23+/m0/s1. The van der Waals surface area contributed by atoms with Crippen molar-refractivity contribution >= 4 is 29.3 Å². The predicted molar refractivity (Wildman–Crippen MR) is 133 cm³/mol. The highest BCUT2D eigenvalue weighted by atomic mass is 32.2. The molecule has 33 heavy (non-hydrogen) atoms. The number of rotatable bonds is 4. The van der Waals surface area contributed by atoms with E-state index in [2.05, 4.69) is 12.2 Å². The van der Waals surface area contributed by atoms with Crippen LogP contribution in [-0.2, 0) is 6.54 Å². The van der Waals surface area contributed by atoms with Gasteiger partial charge in [0, 0.05) is 21.4 Å². The number of amides is 2. The first-order valence-electron chi connectivity index (χ1n) is 11.7. The van der Waals surface area contributed by atoms with Gasteiger partial charge in [0.25, 0.3) is 11.8 Å². The Morgan fingerprint density at radius 2 is 1.73 bits per heavy atom. The summed E-state index contributed by atoms with van der Waals surface area (Å²) in [7, 11) is 0. The summed E-state index contributed by atoms with van der Waals surface area (Å²) in [6.07, 6.45) is 4.58. The Hall–Kier alpha value is -3.05. The van der Waals surface area contributed by atoms with Gasteiger partial charge in [-0.3, -0.25) is 9.59 Å². The quantitative estimate of drug-likeness (QED) is 0.501. The molecular weight excluding hydrogens is 428 g/mol. The third-order valence-corrected chi connectivity index (χ3v) is 7.85. The van der Waals surface area contributed by atoms with Crippen molar-refractivity contribution in [1.82, 2.24) is 5.32 Å². The minimum atomic E-state index is -0.0598. The number of hydrogen-bond acceptors (Lipinski definition) is 3. The molecule has 2 amide bonds. The van der Waals surface area contributed by atoms with Crippen molar-refractivity contribution in [2.45, 2.75) is 55.0 Å². The second kappa shape index (κ2) is 9.44. The SMILES string of the molecule is C[C@H]1CCCC[C@H]1NC(=O)c1ccc2c(c1)N(Cc1ccccc1)C(=O)c1ccccc1S2. The zero-order valence-corrected chi connectivity index (χ0v) is 19.6. The van der Waals surface area contributed by atoms with E-state index in [-0.39, 0.29) is 17.9 Å². The molecule has 1 fully saturated rings. The molecule has 0 unspecified atom stereocenters. The van der Waals surface area contributed by atoms with Gasteiger partial charge in [0.15, 0.2) is 0 Å². The molecule has 5 heteroatoms. The van der Waals surface area contributed by atoms with Crippen LogP contribution in [0.1, 0.15) is 58.9 Å². The van der Waals surface area contributed by atoms with Crippen LogP contribution in [0, 0.1) is 5.92 Å². The molecule has 1 N–H and O–H groups in total. The number of anilines is 1. The first-order chi connectivity index (χ1) is 16.1. The van der Waals surface area contributed by atoms with E-state index in [0.29, 0.717) is 23.6 Å². The van der Waals surface area contributed by atoms with Crippen LogP contribution in [0.2, 0.25) is 0 Å². The van der Waals surface area contributed by atoms with E-state index in [4.69, 9.17) is 0 Å². The van der Waals surface area contributed by atoms with Crippen molar-refractivity contribution in [3.63, 3.8) is 0 Å². The van der Waals surface area contributed by atoms with Crippen molar-refractivity contribution in [1.29, 1.82) is 0 Å². The van der Waals surface area contributed by atoms with Crippen molar-refractivity contribution in [3.8, 4) is 0 Å². The Bertz CT molecular complexity index is 1180. The molecule has 3 aromatic rings. The fourth-order valence-corrected chi connectivity index (χ4v) is 5.83. The molecule has 2 aliphatic rings. The number of nitrogens with one attached hydrogen (secondary N) is 1. The van der Waals surface area contributed by atoms with Crippen LogP contribution in [0.4, 0.5) is 5.69 Å². The first kappa shape index (κ1) is 21.8. The van der Waals surface area contributed by atoms with Crippen molar-refractivity contribution in [2.24, 2.45) is 5.92 Å². The topological polar surface area (TPSA) is 49.4 Å². The number of fused-ring (bicyclic) bond motifs is 2. The maximum absolute atomic E-state index is 13.7. The maximum Gasteiger partial charge on any atom is 0.259 e. The van der Waals surface area contributed by atoms with E-state index in [0.717, 1.165) is 40.3 Å². The lowest BCUT2D eigenvalue weighted by Crippen LogP contribution is -2.41. The van der Waals surface area contributed by atoms with E-state index >= 15 is 0 Å². The van der Waals surface area contributed by atoms with Gasteiger partial charge in [-0.05, 0) is 54.7 Å². The highest BCUT2D eigenvalue weighted by molar-refractivity contribution is 7.99. The zero-order valence-electron chi connectivity index (χ0n) is 18.8. The predicted octanol–water partition coefficient (Wildman–Crippen LogP) is 6.31. The van der Waals surface area contributed by atoms with Crippen LogP contribution in [-0.4, -0.2) is 17.9 Å². The van der Waals surface area contributed by atoms with Crippen LogP contribution in [0.25, 0.3) is 0 Å². The van der Waals surface area contributed by atoms with Gasteiger partial charge < -0.3 is 10.2 Å². The van der Waals surface area contributed by atoms with Crippen LogP contribution < -0.4 is 10.2 Å². The first-order valence-corrected chi connectivity index (χ1v) is 12.5. The summed E-state index contributed by atoms with van der Waals surface area (Å²) in [5.74, 6) is 0.388. The fourth-order valence-electron chi connectivity index (χ4n) is 4.77. The molecule has 0 aromatic heterocycles. The van der Waals surface area contributed by atoms with E-state index in [1.807, 2.05) is 77.7 Å². The number of hydrogen-bond donors (Lipinski definition) is 1. The van der Waals surface area contributed by atoms with E-state index in [9.17, 15) is 9.59 Å². The van der Waals surface area contributed by atoms with E-state index < -0.39 is 0 Å². The number of carbonyl (C=O) groups excluding carboxylic acids is 2. The summed E-state index contributed by atoms with van der Waals surface area (Å²) in [5.41, 5.74) is 3.13. The largest absolute Gasteiger partial charge is 0.349 e. The molecule has 0 radical (unpaired) electrons. The van der Waals surface area contributed by atoms with Gasteiger partial charge in [-0.1, -0.05) is 74.0 Å². The normalized spacial score (nSPS) is 19.9. The Balaban J connectivity index is 1.51. The molecule has 4 nitrogen and oxygen atoms in total. The summed E-state index contributed by atoms with van der Waals surface area (Å²) >= 11 is 1.58. The third-order valence-electron chi connectivity index (χ3n) is 6.71. The molecule has 5 rings (SSSR count). The van der Waals surface area contributed by atoms with Crippen molar-refractivity contribution in [3.05, 3.63) is 89.5 Å². The monoisotopic (exact) mass is 456 g/mol. The van der Waals surface area contributed by atoms with Gasteiger partial charge in [0.05, 0.1) is 17.8 Å². The number of benzene rings is 3. The average molecular weight is 457 g/mol. The second-order valence-corrected chi connectivity index (χ2v) is 10.1. The summed E-state index contributed by atoms with van der Waals surface area (Å²) in [5, 5.41) is 3.25. The van der Waals surface area contributed by atoms with Gasteiger partial charge in [-0.15, -0.1) is 0 Å². The van der Waals surface area contributed by atoms with Gasteiger partial charge in [-0.2, -0.15) is 0 Å². The molecule has 1 aliphatic heterocycles. The Morgan fingerprint density at radius 1 is 0.970 bits per heavy atom. The molecular formula is C28H28N2O2S. The van der Waals surface area contributed by atoms with Crippen LogP contribution in [0.3, 0.4) is 0 Å². The summed E-state index contributed by atoms with van der Waals surface area (Å²) in [4.78, 5) is 30.6. The molecule has 0 bridgehead atoms. The second-order valence-electron chi connectivity index (χ2n) is 9.00. The minimum Gasteiger partial charge on any atom is -0.349 e. The zero-order chi connectivity index (χ0) is 22.8. The van der Waals surface area contributed by atoms with Gasteiger partial charge in [-0.25, -0.2) is 0 Å². The number of carbonyl (C=O) groups is 2. The smallest absolute Gasteiger partial charge is 0.259 e. The lowest BCUT2D eigenvalue weighted by molar-refractivity contribution is 0.0908. The van der Waals surface area contributed by atoms with Crippen LogP contribution >= 0.6 is 11.8 Å². The van der Waals surface area contributed by atoms with Crippen molar-refractivity contribution in [2.75, 3.05) is 4.90 Å². The molecule has 2 atom stereocenters. The summed E-state index contributed by atoms with van der Waals surface area (Å²) in [6.45, 7) is 2.67. The average Bonchev–Trinajstić information content (AvgIpc) is 2.95. The Morgan fingerprint density at radius 3 is 2.55 bits per heavy atom. The van der Waals surface area contributed by atoms with E-state index in [1.54, 1.807) is 11.8 Å². The summed E-state index contributed by atoms with van der Waals surface area (Å²) < 4.78 is 0. The molecule has 3 aromatic carbocycles. The van der Waals surface area contributed by atoms with Crippen LogP contribution in [0.5, 0.6) is 0 Å². The molecule has 1 heterocycles. The molecule has 0 saturated heterocycles. The Labute approximate surface area is 199 Å². The lowest BCUT2D eigenvalue weighted by atomic mass is 9.86. The molecule has 1 aliphatic carbocycles. The third kappa shape index (κ3) is 4.55. The van der Waals surface area contributed by atoms with Gasteiger partial charge >= 0.3 is 0 Å². The lowest BCUT2D eigenvalue weighted by Gasteiger charge is -2.29. The highest BCUT2D eigenvalue weighted by Gasteiger charge is 2.29. The van der Waals surface area contributed by atoms with E-state index in [1.165, 1.54) is 6.42 Å². The van der Waals surface area contributed by atoms with Crippen molar-refractivity contribution < 1.29 is 9.59 Å². The van der Waals surface area contributed by atoms with Gasteiger partial charge in [0.2, 0.25) is 0 Å². The highest BCUT2D eigenvalue weighted by Crippen LogP contribution is 2.42. The molecule has 1 saturated carbocycles. The van der Waals surface area contributed by atoms with Crippen LogP contribution in [0.15, 0.2) is 82.6 Å². The molecule has 168 valence electrons. The minimum absolute atomic E-state index is 0.0424.